The maximum absolute atomic E-state index is 13.8. The molecule has 1 aliphatic rings. The summed E-state index contributed by atoms with van der Waals surface area (Å²) >= 11 is 6.64. The van der Waals surface area contributed by atoms with Crippen molar-refractivity contribution in [3.63, 3.8) is 0 Å². The summed E-state index contributed by atoms with van der Waals surface area (Å²) in [6.07, 6.45) is -0.406. The third-order valence-electron chi connectivity index (χ3n) is 7.11. The average Bonchev–Trinajstić information content (AvgIpc) is 3.58. The predicted octanol–water partition coefficient (Wildman–Crippen LogP) is 5.76. The summed E-state index contributed by atoms with van der Waals surface area (Å²) in [5.41, 5.74) is -0.368. The van der Waals surface area contributed by atoms with Gasteiger partial charge in [0, 0.05) is 42.6 Å². The molecular weight excluding hydrogens is 557 g/mol. The number of alkyl halides is 3. The van der Waals surface area contributed by atoms with Crippen molar-refractivity contribution in [3.8, 4) is 6.07 Å². The molecular formula is C28H28ClF3N8O. The van der Waals surface area contributed by atoms with Gasteiger partial charge in [-0.3, -0.25) is 9.78 Å². The van der Waals surface area contributed by atoms with Crippen LogP contribution in [-0.4, -0.2) is 37.3 Å². The van der Waals surface area contributed by atoms with E-state index in [1.807, 2.05) is 0 Å². The van der Waals surface area contributed by atoms with E-state index in [0.717, 1.165) is 4.68 Å². The Balaban J connectivity index is 1.62. The lowest BCUT2D eigenvalue weighted by molar-refractivity contribution is -0.182. The fourth-order valence-electron chi connectivity index (χ4n) is 4.67. The van der Waals surface area contributed by atoms with Gasteiger partial charge in [0.25, 0.3) is 5.56 Å². The molecule has 0 bridgehead atoms. The minimum Gasteiger partial charge on any atom is -0.383 e. The highest BCUT2D eigenvalue weighted by Crippen LogP contribution is 2.55. The smallest absolute Gasteiger partial charge is 0.383 e. The minimum absolute atomic E-state index is 0.0939. The molecule has 13 heteroatoms. The molecule has 0 radical (unpaired) electrons. The van der Waals surface area contributed by atoms with Gasteiger partial charge in [-0.2, -0.15) is 18.4 Å². The molecule has 2 N–H and O–H groups in total. The van der Waals surface area contributed by atoms with Crippen molar-refractivity contribution >= 4 is 33.9 Å². The SMILES string of the molecule is Cn1cccc(C(Nc2cc(Cl)c3ncc(C#N)c(NCC(C)(C)C)c3c2)c2cn(C3(C(F)(F)F)CC3)nn2)c1=O. The number of nitrogens with one attached hydrogen (secondary N) is 2. The lowest BCUT2D eigenvalue weighted by Gasteiger charge is -2.22. The molecule has 41 heavy (non-hydrogen) atoms. The van der Waals surface area contributed by atoms with Crippen LogP contribution in [0.1, 0.15) is 56.5 Å². The van der Waals surface area contributed by atoms with Crippen molar-refractivity contribution in [3.05, 3.63) is 75.1 Å². The zero-order chi connectivity index (χ0) is 29.7. The van der Waals surface area contributed by atoms with Crippen LogP contribution in [0.4, 0.5) is 24.5 Å². The van der Waals surface area contributed by atoms with Crippen molar-refractivity contribution in [1.82, 2.24) is 24.5 Å². The molecule has 3 heterocycles. The van der Waals surface area contributed by atoms with Crippen LogP contribution < -0.4 is 16.2 Å². The largest absolute Gasteiger partial charge is 0.413 e. The van der Waals surface area contributed by atoms with E-state index >= 15 is 0 Å². The molecule has 1 saturated carbocycles. The Kier molecular flexibility index (Phi) is 6.98. The molecule has 1 unspecified atom stereocenters. The second-order valence-corrected chi connectivity index (χ2v) is 11.9. The Morgan fingerprint density at radius 2 is 1.98 bits per heavy atom. The number of benzene rings is 1. The van der Waals surface area contributed by atoms with E-state index in [-0.39, 0.29) is 40.1 Å². The summed E-state index contributed by atoms with van der Waals surface area (Å²) < 4.78 is 43.6. The molecule has 1 fully saturated rings. The van der Waals surface area contributed by atoms with E-state index in [1.165, 1.54) is 17.0 Å². The fraction of sp³-hybridized carbons (Fsp3) is 0.393. The first kappa shape index (κ1) is 28.4. The second kappa shape index (κ2) is 10.1. The van der Waals surface area contributed by atoms with Gasteiger partial charge in [-0.15, -0.1) is 5.10 Å². The van der Waals surface area contributed by atoms with E-state index < -0.39 is 17.8 Å². The second-order valence-electron chi connectivity index (χ2n) is 11.5. The minimum atomic E-state index is -4.49. The maximum atomic E-state index is 13.8. The summed E-state index contributed by atoms with van der Waals surface area (Å²) in [6, 6.07) is 7.80. The lowest BCUT2D eigenvalue weighted by Crippen LogP contribution is -2.35. The Labute approximate surface area is 238 Å². The summed E-state index contributed by atoms with van der Waals surface area (Å²) in [4.78, 5) is 17.5. The summed E-state index contributed by atoms with van der Waals surface area (Å²) in [5, 5.41) is 25.1. The monoisotopic (exact) mass is 584 g/mol. The highest BCUT2D eigenvalue weighted by molar-refractivity contribution is 6.35. The highest BCUT2D eigenvalue weighted by Gasteiger charge is 2.66. The first-order valence-electron chi connectivity index (χ1n) is 12.9. The Bertz CT molecular complexity index is 1730. The Morgan fingerprint density at radius 3 is 2.61 bits per heavy atom. The molecule has 0 aliphatic heterocycles. The molecule has 1 atom stereocenters. The van der Waals surface area contributed by atoms with E-state index in [9.17, 15) is 23.2 Å². The molecule has 3 aromatic heterocycles. The van der Waals surface area contributed by atoms with Crippen molar-refractivity contribution in [2.24, 2.45) is 12.5 Å². The maximum Gasteiger partial charge on any atom is 0.413 e. The number of anilines is 2. The summed E-state index contributed by atoms with van der Waals surface area (Å²) in [5.74, 6) is 0. The number of aryl methyl sites for hydroxylation is 1. The molecule has 214 valence electrons. The molecule has 0 spiro atoms. The van der Waals surface area contributed by atoms with Crippen LogP contribution in [-0.2, 0) is 12.6 Å². The average molecular weight is 585 g/mol. The van der Waals surface area contributed by atoms with Gasteiger partial charge in [-0.1, -0.05) is 37.6 Å². The predicted molar refractivity (Wildman–Crippen MR) is 150 cm³/mol. The zero-order valence-corrected chi connectivity index (χ0v) is 23.6. The molecule has 5 rings (SSSR count). The lowest BCUT2D eigenvalue weighted by atomic mass is 9.96. The first-order chi connectivity index (χ1) is 19.2. The zero-order valence-electron chi connectivity index (χ0n) is 22.8. The number of pyridine rings is 2. The quantitative estimate of drug-likeness (QED) is 0.284. The number of nitriles is 1. The van der Waals surface area contributed by atoms with Gasteiger partial charge in [0.1, 0.15) is 17.8 Å². The van der Waals surface area contributed by atoms with Crippen molar-refractivity contribution < 1.29 is 13.2 Å². The summed E-state index contributed by atoms with van der Waals surface area (Å²) in [6.45, 7) is 6.72. The van der Waals surface area contributed by atoms with Crippen molar-refractivity contribution in [2.75, 3.05) is 17.2 Å². The van der Waals surface area contributed by atoms with Gasteiger partial charge in [-0.25, -0.2) is 4.68 Å². The molecule has 1 aliphatic carbocycles. The van der Waals surface area contributed by atoms with Crippen LogP contribution in [0.15, 0.2) is 47.7 Å². The van der Waals surface area contributed by atoms with Gasteiger partial charge >= 0.3 is 6.18 Å². The van der Waals surface area contributed by atoms with Crippen molar-refractivity contribution in [2.45, 2.75) is 51.4 Å². The van der Waals surface area contributed by atoms with Gasteiger partial charge in [-0.05, 0) is 42.5 Å². The van der Waals surface area contributed by atoms with Crippen LogP contribution in [0, 0.1) is 16.7 Å². The van der Waals surface area contributed by atoms with Gasteiger partial charge in [0.05, 0.1) is 28.0 Å². The van der Waals surface area contributed by atoms with Crippen LogP contribution in [0.25, 0.3) is 10.9 Å². The van der Waals surface area contributed by atoms with Crippen LogP contribution in [0.2, 0.25) is 5.02 Å². The third kappa shape index (κ3) is 5.34. The van der Waals surface area contributed by atoms with E-state index in [4.69, 9.17) is 11.6 Å². The van der Waals surface area contributed by atoms with Gasteiger partial charge < -0.3 is 15.2 Å². The number of aromatic nitrogens is 5. The first-order valence-corrected chi connectivity index (χ1v) is 13.3. The molecule has 9 nitrogen and oxygen atoms in total. The number of halogens is 4. The number of hydrogen-bond acceptors (Lipinski definition) is 7. The van der Waals surface area contributed by atoms with Crippen molar-refractivity contribution in [1.29, 1.82) is 5.26 Å². The third-order valence-corrected chi connectivity index (χ3v) is 7.40. The Hall–Kier alpha value is -4.11. The number of hydrogen-bond donors (Lipinski definition) is 2. The summed E-state index contributed by atoms with van der Waals surface area (Å²) in [7, 11) is 1.58. The number of fused-ring (bicyclic) bond motifs is 1. The van der Waals surface area contributed by atoms with E-state index in [2.05, 4.69) is 52.8 Å². The molecule has 1 aromatic carbocycles. The van der Waals surface area contributed by atoms with E-state index in [1.54, 1.807) is 37.5 Å². The highest BCUT2D eigenvalue weighted by atomic mass is 35.5. The normalized spacial score (nSPS) is 15.4. The van der Waals surface area contributed by atoms with Crippen LogP contribution >= 0.6 is 11.6 Å². The Morgan fingerprint density at radius 1 is 1.24 bits per heavy atom. The number of rotatable bonds is 7. The van der Waals surface area contributed by atoms with Crippen LogP contribution in [0.5, 0.6) is 0 Å². The standard InChI is InChI=1S/C28H28ClF3N8O/c1-26(2,3)15-35-22-16(12-33)13-34-23-19(22)10-17(11-20(23)29)36-24(18-6-5-9-39(4)25(18)41)21-14-40(38-37-21)27(7-8-27)28(30,31)32/h5-6,9-11,13-14,24,36H,7-8,15H2,1-4H3,(H,34,35). The molecule has 4 aromatic rings. The topological polar surface area (TPSA) is 113 Å². The van der Waals surface area contributed by atoms with E-state index in [0.29, 0.717) is 34.4 Å². The van der Waals surface area contributed by atoms with Gasteiger partial charge in [0.15, 0.2) is 5.54 Å². The molecule has 0 saturated heterocycles. The van der Waals surface area contributed by atoms with Gasteiger partial charge in [0.2, 0.25) is 0 Å². The van der Waals surface area contributed by atoms with Crippen LogP contribution in [0.3, 0.4) is 0 Å². The fourth-order valence-corrected chi connectivity index (χ4v) is 4.93. The molecule has 0 amide bonds. The number of nitrogens with zero attached hydrogens (tertiary/aromatic N) is 6.